The summed E-state index contributed by atoms with van der Waals surface area (Å²) in [5.74, 6) is 0.866. The first kappa shape index (κ1) is 19.9. The van der Waals surface area contributed by atoms with Gasteiger partial charge < -0.3 is 15.0 Å². The minimum absolute atomic E-state index is 0.0525. The molecule has 5 rings (SSSR count). The lowest BCUT2D eigenvalue weighted by atomic mass is 9.95. The van der Waals surface area contributed by atoms with Crippen LogP contribution >= 0.6 is 11.3 Å². The standard InChI is InChI=1S/C23H24N4O3S/c1-30-19-11-10-18(16-6-2-3-7-17(16)19)22(29)27-12-4-5-15(13-27)20(28)24-23-26-25-21(31-23)14-8-9-14/h2-3,6-7,10-11,14-15H,4-5,8-9,12-13H2,1H3,(H,24,26,28). The van der Waals surface area contributed by atoms with Gasteiger partial charge in [0.15, 0.2) is 0 Å². The van der Waals surface area contributed by atoms with E-state index in [1.54, 1.807) is 12.0 Å². The maximum absolute atomic E-state index is 13.4. The van der Waals surface area contributed by atoms with Gasteiger partial charge in [0.25, 0.3) is 5.91 Å². The molecule has 2 fully saturated rings. The van der Waals surface area contributed by atoms with Gasteiger partial charge in [0.05, 0.1) is 13.0 Å². The molecule has 1 aliphatic carbocycles. The number of ether oxygens (including phenoxy) is 1. The van der Waals surface area contributed by atoms with Crippen LogP contribution in [0, 0.1) is 5.92 Å². The highest BCUT2D eigenvalue weighted by atomic mass is 32.1. The van der Waals surface area contributed by atoms with Gasteiger partial charge in [-0.1, -0.05) is 35.6 Å². The maximum Gasteiger partial charge on any atom is 0.254 e. The molecule has 2 aromatic carbocycles. The largest absolute Gasteiger partial charge is 0.496 e. The van der Waals surface area contributed by atoms with Crippen LogP contribution in [0.5, 0.6) is 5.75 Å². The van der Waals surface area contributed by atoms with Crippen molar-refractivity contribution in [2.24, 2.45) is 5.92 Å². The lowest BCUT2D eigenvalue weighted by Crippen LogP contribution is -2.43. The predicted molar refractivity (Wildman–Crippen MR) is 120 cm³/mol. The van der Waals surface area contributed by atoms with Crippen LogP contribution < -0.4 is 10.1 Å². The van der Waals surface area contributed by atoms with Crippen LogP contribution in [0.25, 0.3) is 10.8 Å². The fourth-order valence-corrected chi connectivity index (χ4v) is 5.09. The number of nitrogens with zero attached hydrogens (tertiary/aromatic N) is 3. The SMILES string of the molecule is COc1ccc(C(=O)N2CCCC(C(=O)Nc3nnc(C4CC4)s3)C2)c2ccccc12. The first-order chi connectivity index (χ1) is 15.1. The van der Waals surface area contributed by atoms with Crippen LogP contribution in [-0.4, -0.2) is 47.1 Å². The number of hydrogen-bond donors (Lipinski definition) is 1. The topological polar surface area (TPSA) is 84.4 Å². The van der Waals surface area contributed by atoms with E-state index in [2.05, 4.69) is 15.5 Å². The monoisotopic (exact) mass is 436 g/mol. The molecule has 8 heteroatoms. The van der Waals surface area contributed by atoms with E-state index in [-0.39, 0.29) is 17.7 Å². The Hall–Kier alpha value is -3.00. The van der Waals surface area contributed by atoms with Crippen molar-refractivity contribution in [2.75, 3.05) is 25.5 Å². The van der Waals surface area contributed by atoms with Crippen molar-refractivity contribution in [3.63, 3.8) is 0 Å². The van der Waals surface area contributed by atoms with E-state index in [4.69, 9.17) is 4.74 Å². The summed E-state index contributed by atoms with van der Waals surface area (Å²) < 4.78 is 5.45. The highest BCUT2D eigenvalue weighted by Crippen LogP contribution is 2.42. The molecule has 1 saturated heterocycles. The zero-order valence-electron chi connectivity index (χ0n) is 17.3. The molecule has 0 bridgehead atoms. The second kappa shape index (κ2) is 8.26. The zero-order chi connectivity index (χ0) is 21.4. The van der Waals surface area contributed by atoms with Crippen LogP contribution in [0.3, 0.4) is 0 Å². The first-order valence-electron chi connectivity index (χ1n) is 10.6. The smallest absolute Gasteiger partial charge is 0.254 e. The lowest BCUT2D eigenvalue weighted by molar-refractivity contribution is -0.121. The Kier molecular flexibility index (Phi) is 5.31. The lowest BCUT2D eigenvalue weighted by Gasteiger charge is -2.32. The number of carbonyl (C=O) groups is 2. The van der Waals surface area contributed by atoms with Gasteiger partial charge in [-0.3, -0.25) is 9.59 Å². The molecule has 1 aromatic heterocycles. The minimum atomic E-state index is -0.254. The Morgan fingerprint density at radius 3 is 2.68 bits per heavy atom. The molecular weight excluding hydrogens is 412 g/mol. The second-order valence-electron chi connectivity index (χ2n) is 8.16. The molecule has 1 unspecified atom stereocenters. The van der Waals surface area contributed by atoms with E-state index in [1.165, 1.54) is 11.3 Å². The van der Waals surface area contributed by atoms with Crippen molar-refractivity contribution in [3.8, 4) is 5.75 Å². The van der Waals surface area contributed by atoms with Crippen LogP contribution in [0.4, 0.5) is 5.13 Å². The van der Waals surface area contributed by atoms with Gasteiger partial charge in [0.1, 0.15) is 10.8 Å². The Morgan fingerprint density at radius 1 is 1.10 bits per heavy atom. The number of carbonyl (C=O) groups excluding carboxylic acids is 2. The highest BCUT2D eigenvalue weighted by Gasteiger charge is 2.31. The summed E-state index contributed by atoms with van der Waals surface area (Å²) in [6.45, 7) is 1.05. The molecule has 2 heterocycles. The van der Waals surface area contributed by atoms with Gasteiger partial charge in [-0.05, 0) is 43.2 Å². The normalized spacial score (nSPS) is 18.7. The molecule has 1 atom stereocenters. The molecule has 0 spiro atoms. The fraction of sp³-hybridized carbons (Fsp3) is 0.391. The molecule has 160 valence electrons. The van der Waals surface area contributed by atoms with Crippen molar-refractivity contribution < 1.29 is 14.3 Å². The summed E-state index contributed by atoms with van der Waals surface area (Å²) in [6, 6.07) is 11.4. The van der Waals surface area contributed by atoms with Gasteiger partial charge >= 0.3 is 0 Å². The van der Waals surface area contributed by atoms with E-state index in [0.29, 0.717) is 29.7 Å². The summed E-state index contributed by atoms with van der Waals surface area (Å²) in [4.78, 5) is 28.0. The third-order valence-corrected chi connectivity index (χ3v) is 7.01. The van der Waals surface area contributed by atoms with Crippen LogP contribution in [0.1, 0.15) is 47.0 Å². The highest BCUT2D eigenvalue weighted by molar-refractivity contribution is 7.15. The number of piperidine rings is 1. The molecule has 1 aliphatic heterocycles. The van der Waals surface area contributed by atoms with Gasteiger partial charge in [-0.2, -0.15) is 0 Å². The predicted octanol–water partition coefficient (Wildman–Crippen LogP) is 4.07. The van der Waals surface area contributed by atoms with Crippen LogP contribution in [0.2, 0.25) is 0 Å². The number of anilines is 1. The number of likely N-dealkylation sites (tertiary alicyclic amines) is 1. The minimum Gasteiger partial charge on any atom is -0.496 e. The number of rotatable bonds is 5. The summed E-state index contributed by atoms with van der Waals surface area (Å²) in [6.07, 6.45) is 3.86. The van der Waals surface area contributed by atoms with Crippen molar-refractivity contribution in [1.29, 1.82) is 0 Å². The maximum atomic E-state index is 13.4. The second-order valence-corrected chi connectivity index (χ2v) is 9.17. The quantitative estimate of drug-likeness (QED) is 0.652. The van der Waals surface area contributed by atoms with Crippen molar-refractivity contribution >= 4 is 39.1 Å². The summed E-state index contributed by atoms with van der Waals surface area (Å²) in [5, 5.41) is 14.5. The number of methoxy groups -OCH3 is 1. The Morgan fingerprint density at radius 2 is 1.90 bits per heavy atom. The molecule has 3 aromatic rings. The average Bonchev–Trinajstić information content (AvgIpc) is 3.56. The number of nitrogens with one attached hydrogen (secondary N) is 1. The Balaban J connectivity index is 1.31. The van der Waals surface area contributed by atoms with Crippen LogP contribution in [0.15, 0.2) is 36.4 Å². The summed E-state index contributed by atoms with van der Waals surface area (Å²) in [7, 11) is 1.63. The summed E-state index contributed by atoms with van der Waals surface area (Å²) >= 11 is 1.46. The van der Waals surface area contributed by atoms with Gasteiger partial charge in [-0.15, -0.1) is 10.2 Å². The van der Waals surface area contributed by atoms with E-state index in [9.17, 15) is 9.59 Å². The molecule has 2 amide bonds. The van der Waals surface area contributed by atoms with Gasteiger partial charge in [0, 0.05) is 30.0 Å². The number of hydrogen-bond acceptors (Lipinski definition) is 6. The van der Waals surface area contributed by atoms with Gasteiger partial charge in [-0.25, -0.2) is 0 Å². The van der Waals surface area contributed by atoms with E-state index in [1.807, 2.05) is 36.4 Å². The molecule has 1 saturated carbocycles. The Bertz CT molecular complexity index is 1140. The molecular formula is C23H24N4O3S. The Labute approximate surface area is 184 Å². The number of fused-ring (bicyclic) bond motifs is 1. The first-order valence-corrected chi connectivity index (χ1v) is 11.4. The number of amides is 2. The van der Waals surface area contributed by atoms with E-state index in [0.717, 1.165) is 47.2 Å². The van der Waals surface area contributed by atoms with E-state index >= 15 is 0 Å². The third-order valence-electron chi connectivity index (χ3n) is 6.01. The molecule has 0 radical (unpaired) electrons. The number of benzene rings is 2. The van der Waals surface area contributed by atoms with Crippen LogP contribution in [-0.2, 0) is 4.79 Å². The van der Waals surface area contributed by atoms with Crippen molar-refractivity contribution in [2.45, 2.75) is 31.6 Å². The fourth-order valence-electron chi connectivity index (χ4n) is 4.17. The third kappa shape index (κ3) is 3.99. The molecule has 1 N–H and O–H groups in total. The van der Waals surface area contributed by atoms with E-state index < -0.39 is 0 Å². The number of aromatic nitrogens is 2. The summed E-state index contributed by atoms with van der Waals surface area (Å²) in [5.41, 5.74) is 0.635. The molecule has 31 heavy (non-hydrogen) atoms. The van der Waals surface area contributed by atoms with Crippen molar-refractivity contribution in [3.05, 3.63) is 47.0 Å². The zero-order valence-corrected chi connectivity index (χ0v) is 18.2. The van der Waals surface area contributed by atoms with Gasteiger partial charge in [0.2, 0.25) is 11.0 Å². The molecule has 2 aliphatic rings. The molecule has 7 nitrogen and oxygen atoms in total. The average molecular weight is 437 g/mol. The van der Waals surface area contributed by atoms with Crippen molar-refractivity contribution in [1.82, 2.24) is 15.1 Å².